The highest BCUT2D eigenvalue weighted by Gasteiger charge is 2.13. The molecule has 0 saturated heterocycles. The molecule has 0 saturated carbocycles. The summed E-state index contributed by atoms with van der Waals surface area (Å²) in [6.45, 7) is 0.406. The Hall–Kier alpha value is -3.46. The van der Waals surface area contributed by atoms with Gasteiger partial charge in [0, 0.05) is 40.3 Å². The fourth-order valence-corrected chi connectivity index (χ4v) is 3.80. The van der Waals surface area contributed by atoms with Crippen LogP contribution >= 0.6 is 23.2 Å². The summed E-state index contributed by atoms with van der Waals surface area (Å²) in [7, 11) is 0. The zero-order valence-corrected chi connectivity index (χ0v) is 17.8. The largest absolute Gasteiger partial charge is 0.457 e. The summed E-state index contributed by atoms with van der Waals surface area (Å²) in [5.74, 6) is 0.444. The van der Waals surface area contributed by atoms with Crippen LogP contribution in [0.1, 0.15) is 11.3 Å². The highest BCUT2D eigenvalue weighted by molar-refractivity contribution is 6.36. The van der Waals surface area contributed by atoms with Crippen molar-refractivity contribution < 1.29 is 9.21 Å². The van der Waals surface area contributed by atoms with E-state index in [0.29, 0.717) is 40.1 Å². The first-order valence-corrected chi connectivity index (χ1v) is 10.3. The van der Waals surface area contributed by atoms with Crippen molar-refractivity contribution in [3.05, 3.63) is 87.7 Å². The zero-order valence-electron chi connectivity index (χ0n) is 16.3. The lowest BCUT2D eigenvalue weighted by Gasteiger charge is -2.04. The van der Waals surface area contributed by atoms with Crippen LogP contribution < -0.4 is 5.32 Å². The first kappa shape index (κ1) is 20.8. The monoisotopic (exact) mass is 449 g/mol. The third-order valence-electron chi connectivity index (χ3n) is 4.83. The lowest BCUT2D eigenvalue weighted by atomic mass is 10.1. The van der Waals surface area contributed by atoms with Crippen molar-refractivity contribution in [3.63, 3.8) is 0 Å². The van der Waals surface area contributed by atoms with Gasteiger partial charge in [-0.05, 0) is 48.4 Å². The van der Waals surface area contributed by atoms with E-state index in [-0.39, 0.29) is 5.57 Å². The van der Waals surface area contributed by atoms with Crippen LogP contribution in [-0.4, -0.2) is 17.4 Å². The molecular weight excluding hydrogens is 433 g/mol. The Kier molecular flexibility index (Phi) is 6.13. The predicted molar refractivity (Wildman–Crippen MR) is 123 cm³/mol. The second-order valence-corrected chi connectivity index (χ2v) is 7.71. The molecule has 1 amide bonds. The number of fused-ring (bicyclic) bond motifs is 1. The minimum atomic E-state index is -0.454. The number of hydrogen-bond acceptors (Lipinski definition) is 3. The number of nitrogens with one attached hydrogen (secondary N) is 2. The van der Waals surface area contributed by atoms with Gasteiger partial charge in [-0.15, -0.1) is 0 Å². The summed E-state index contributed by atoms with van der Waals surface area (Å²) >= 11 is 12.1. The van der Waals surface area contributed by atoms with Crippen LogP contribution in [-0.2, 0) is 11.2 Å². The molecule has 2 aromatic heterocycles. The molecule has 4 rings (SSSR count). The van der Waals surface area contributed by atoms with Gasteiger partial charge >= 0.3 is 0 Å². The number of rotatable bonds is 6. The second kappa shape index (κ2) is 9.13. The number of hydrogen-bond donors (Lipinski definition) is 2. The number of para-hydroxylation sites is 1. The number of carbonyl (C=O) groups excluding carboxylic acids is 1. The molecule has 0 radical (unpaired) electrons. The maximum Gasteiger partial charge on any atom is 0.262 e. The van der Waals surface area contributed by atoms with Crippen LogP contribution in [0.4, 0.5) is 0 Å². The molecule has 7 heteroatoms. The third kappa shape index (κ3) is 4.66. The van der Waals surface area contributed by atoms with Gasteiger partial charge in [-0.1, -0.05) is 41.4 Å². The van der Waals surface area contributed by atoms with Gasteiger partial charge in [-0.2, -0.15) is 5.26 Å². The average Bonchev–Trinajstić information content (AvgIpc) is 3.39. The molecule has 5 nitrogen and oxygen atoms in total. The van der Waals surface area contributed by atoms with Gasteiger partial charge in [-0.3, -0.25) is 4.79 Å². The highest BCUT2D eigenvalue weighted by atomic mass is 35.5. The number of H-pyrrole nitrogens is 1. The molecule has 0 aliphatic heterocycles. The van der Waals surface area contributed by atoms with E-state index in [0.717, 1.165) is 16.5 Å². The van der Waals surface area contributed by atoms with E-state index in [9.17, 15) is 10.1 Å². The summed E-state index contributed by atoms with van der Waals surface area (Å²) in [5, 5.41) is 14.3. The lowest BCUT2D eigenvalue weighted by Crippen LogP contribution is -2.26. The summed E-state index contributed by atoms with van der Waals surface area (Å²) in [4.78, 5) is 15.7. The Morgan fingerprint density at radius 2 is 2.00 bits per heavy atom. The number of carbonyl (C=O) groups is 1. The summed E-state index contributed by atoms with van der Waals surface area (Å²) in [6.07, 6.45) is 3.99. The van der Waals surface area contributed by atoms with E-state index in [2.05, 4.69) is 10.3 Å². The smallest absolute Gasteiger partial charge is 0.262 e. The first-order valence-electron chi connectivity index (χ1n) is 9.55. The minimum absolute atomic E-state index is 0.0398. The zero-order chi connectivity index (χ0) is 21.8. The molecule has 2 aromatic carbocycles. The van der Waals surface area contributed by atoms with Crippen molar-refractivity contribution in [2.24, 2.45) is 0 Å². The number of nitrogens with zero attached hydrogens (tertiary/aromatic N) is 1. The van der Waals surface area contributed by atoms with Gasteiger partial charge < -0.3 is 14.7 Å². The molecule has 0 aliphatic carbocycles. The van der Waals surface area contributed by atoms with Crippen LogP contribution in [0.2, 0.25) is 10.0 Å². The van der Waals surface area contributed by atoms with Crippen LogP contribution in [0.15, 0.2) is 70.8 Å². The van der Waals surface area contributed by atoms with Crippen LogP contribution in [0, 0.1) is 11.3 Å². The van der Waals surface area contributed by atoms with Gasteiger partial charge in [-0.25, -0.2) is 0 Å². The van der Waals surface area contributed by atoms with Crippen molar-refractivity contribution in [2.45, 2.75) is 6.42 Å². The Morgan fingerprint density at radius 3 is 2.81 bits per heavy atom. The maximum atomic E-state index is 12.5. The Balaban J connectivity index is 1.43. The molecular formula is C24H17Cl2N3O2. The van der Waals surface area contributed by atoms with Crippen LogP contribution in [0.25, 0.3) is 28.3 Å². The molecule has 0 aliphatic rings. The molecule has 4 aromatic rings. The van der Waals surface area contributed by atoms with E-state index in [1.165, 1.54) is 6.08 Å². The van der Waals surface area contributed by atoms with Crippen LogP contribution in [0.5, 0.6) is 0 Å². The number of halogens is 2. The van der Waals surface area contributed by atoms with Gasteiger partial charge in [0.05, 0.1) is 5.02 Å². The molecule has 0 spiro atoms. The standard InChI is InChI=1S/C24H17Cl2N3O2/c25-17-5-7-20(21(26)12-17)23-8-6-18(31-23)11-16(13-27)24(30)28-10-9-15-14-29-22-4-2-1-3-19(15)22/h1-8,11-12,14,29H,9-10H2,(H,28,30). The Bertz CT molecular complexity index is 1330. The molecule has 2 heterocycles. The highest BCUT2D eigenvalue weighted by Crippen LogP contribution is 2.32. The molecule has 0 fully saturated rings. The summed E-state index contributed by atoms with van der Waals surface area (Å²) in [5.41, 5.74) is 2.79. The van der Waals surface area contributed by atoms with Gasteiger partial charge in [0.2, 0.25) is 0 Å². The summed E-state index contributed by atoms with van der Waals surface area (Å²) < 4.78 is 5.75. The average molecular weight is 450 g/mol. The predicted octanol–water partition coefficient (Wildman–Crippen LogP) is 6.00. The second-order valence-electron chi connectivity index (χ2n) is 6.86. The van der Waals surface area contributed by atoms with E-state index in [1.807, 2.05) is 36.5 Å². The van der Waals surface area contributed by atoms with Crippen molar-refractivity contribution in [1.29, 1.82) is 5.26 Å². The number of nitriles is 1. The van der Waals surface area contributed by atoms with Crippen molar-refractivity contribution in [1.82, 2.24) is 10.3 Å². The van der Waals surface area contributed by atoms with Gasteiger partial charge in [0.1, 0.15) is 23.2 Å². The number of amides is 1. The van der Waals surface area contributed by atoms with E-state index in [1.54, 1.807) is 30.3 Å². The van der Waals surface area contributed by atoms with E-state index in [4.69, 9.17) is 27.6 Å². The molecule has 2 N–H and O–H groups in total. The van der Waals surface area contributed by atoms with E-state index < -0.39 is 5.91 Å². The van der Waals surface area contributed by atoms with E-state index >= 15 is 0 Å². The molecule has 0 bridgehead atoms. The molecule has 154 valence electrons. The summed E-state index contributed by atoms with van der Waals surface area (Å²) in [6, 6.07) is 18.4. The van der Waals surface area contributed by atoms with Gasteiger partial charge in [0.15, 0.2) is 0 Å². The number of aromatic amines is 1. The molecule has 31 heavy (non-hydrogen) atoms. The lowest BCUT2D eigenvalue weighted by molar-refractivity contribution is -0.117. The third-order valence-corrected chi connectivity index (χ3v) is 5.38. The Labute approximate surface area is 188 Å². The fraction of sp³-hybridized carbons (Fsp3) is 0.0833. The maximum absolute atomic E-state index is 12.5. The SMILES string of the molecule is N#CC(=Cc1ccc(-c2ccc(Cl)cc2Cl)o1)C(=O)NCCc1c[nH]c2ccccc12. The van der Waals surface area contributed by atoms with Crippen molar-refractivity contribution in [3.8, 4) is 17.4 Å². The topological polar surface area (TPSA) is 81.8 Å². The fourth-order valence-electron chi connectivity index (χ4n) is 3.30. The number of benzene rings is 2. The Morgan fingerprint density at radius 1 is 1.16 bits per heavy atom. The first-order chi connectivity index (χ1) is 15.0. The van der Waals surface area contributed by atoms with Crippen molar-refractivity contribution >= 4 is 46.1 Å². The number of furan rings is 1. The molecule has 0 atom stereocenters. The van der Waals surface area contributed by atoms with Gasteiger partial charge in [0.25, 0.3) is 5.91 Å². The van der Waals surface area contributed by atoms with Crippen molar-refractivity contribution in [2.75, 3.05) is 6.54 Å². The molecule has 0 unspecified atom stereocenters. The quantitative estimate of drug-likeness (QED) is 0.279. The van der Waals surface area contributed by atoms with Crippen LogP contribution in [0.3, 0.4) is 0 Å². The number of aromatic nitrogens is 1. The minimum Gasteiger partial charge on any atom is -0.457 e. The normalized spacial score (nSPS) is 11.5.